The monoisotopic (exact) mass is 299 g/mol. The van der Waals surface area contributed by atoms with E-state index in [4.69, 9.17) is 11.6 Å². The van der Waals surface area contributed by atoms with Crippen molar-refractivity contribution in [2.24, 2.45) is 0 Å². The Morgan fingerprint density at radius 3 is 2.58 bits per heavy atom. The van der Waals surface area contributed by atoms with Gasteiger partial charge >= 0.3 is 6.18 Å². The smallest absolute Gasteiger partial charge is 0.351 e. The normalized spacial score (nSPS) is 11.4. The summed E-state index contributed by atoms with van der Waals surface area (Å²) in [4.78, 5) is 24.2. The van der Waals surface area contributed by atoms with Crippen LogP contribution in [0.5, 0.6) is 0 Å². The number of nitrogens with zero attached hydrogens (tertiary/aromatic N) is 2. The highest BCUT2D eigenvalue weighted by Crippen LogP contribution is 2.19. The molecule has 1 N–H and O–H groups in total. The van der Waals surface area contributed by atoms with Gasteiger partial charge in [-0.3, -0.25) is 14.9 Å². The predicted molar refractivity (Wildman–Crippen MR) is 60.1 cm³/mol. The van der Waals surface area contributed by atoms with E-state index in [0.29, 0.717) is 4.90 Å². The van der Waals surface area contributed by atoms with E-state index in [1.54, 1.807) is 0 Å². The fourth-order valence-corrected chi connectivity index (χ4v) is 1.56. The molecule has 0 atom stereocenters. The number of hydrogen-bond acceptors (Lipinski definition) is 3. The Balaban J connectivity index is 2.89. The molecule has 0 bridgehead atoms. The number of alkyl halides is 4. The van der Waals surface area contributed by atoms with Crippen molar-refractivity contribution in [1.29, 1.82) is 0 Å². The van der Waals surface area contributed by atoms with E-state index in [2.05, 4.69) is 4.98 Å². The molecule has 6 nitrogen and oxygen atoms in total. The Labute approximate surface area is 110 Å². The van der Waals surface area contributed by atoms with Crippen LogP contribution in [0, 0.1) is 10.1 Å². The molecule has 0 aliphatic rings. The number of carbonyl (C=O) groups excluding carboxylic acids is 1. The first-order valence-electron chi connectivity index (χ1n) is 4.99. The Morgan fingerprint density at radius 2 is 2.16 bits per heavy atom. The fourth-order valence-electron chi connectivity index (χ4n) is 1.35. The number of carbonyl (C=O) groups is 1. The fraction of sp³-hybridized carbons (Fsp3) is 0.444. The highest BCUT2D eigenvalue weighted by Gasteiger charge is 2.33. The minimum Gasteiger partial charge on any atom is -0.351 e. The number of nitrogens with one attached hydrogen (secondary N) is 1. The molecule has 0 fully saturated rings. The molecule has 1 rings (SSSR count). The van der Waals surface area contributed by atoms with Crippen LogP contribution < -0.4 is 0 Å². The molecule has 19 heavy (non-hydrogen) atoms. The summed E-state index contributed by atoms with van der Waals surface area (Å²) in [6.45, 7) is -1.78. The molecule has 10 heteroatoms. The molecule has 0 aromatic carbocycles. The minimum atomic E-state index is -4.57. The number of halogens is 4. The van der Waals surface area contributed by atoms with Crippen molar-refractivity contribution in [2.75, 3.05) is 19.0 Å². The SMILES string of the molecule is O=C(c1cc([N+](=O)[O-])c[nH]1)N(CCCl)CC(F)(F)F. The van der Waals surface area contributed by atoms with Gasteiger partial charge in [0, 0.05) is 18.5 Å². The lowest BCUT2D eigenvalue weighted by Crippen LogP contribution is -2.40. The standard InChI is InChI=1S/C9H9ClF3N3O3/c10-1-2-15(5-9(11,12)13)8(17)7-3-6(4-14-7)16(18)19/h3-4,14H,1-2,5H2. The van der Waals surface area contributed by atoms with Gasteiger partial charge in [0.2, 0.25) is 0 Å². The van der Waals surface area contributed by atoms with Gasteiger partial charge < -0.3 is 9.88 Å². The zero-order valence-corrected chi connectivity index (χ0v) is 10.2. The minimum absolute atomic E-state index is 0.176. The third-order valence-corrected chi connectivity index (χ3v) is 2.29. The van der Waals surface area contributed by atoms with Crippen LogP contribution in [0.1, 0.15) is 10.5 Å². The van der Waals surface area contributed by atoms with E-state index in [-0.39, 0.29) is 18.1 Å². The van der Waals surface area contributed by atoms with Gasteiger partial charge in [0.1, 0.15) is 12.2 Å². The van der Waals surface area contributed by atoms with Gasteiger partial charge in [0.25, 0.3) is 11.6 Å². The zero-order valence-electron chi connectivity index (χ0n) is 9.41. The van der Waals surface area contributed by atoms with E-state index in [1.807, 2.05) is 0 Å². The second-order valence-electron chi connectivity index (χ2n) is 3.56. The van der Waals surface area contributed by atoms with E-state index in [1.165, 1.54) is 0 Å². The summed E-state index contributed by atoms with van der Waals surface area (Å²) in [5, 5.41) is 10.4. The number of rotatable bonds is 5. The third kappa shape index (κ3) is 4.43. The molecular weight excluding hydrogens is 291 g/mol. The molecular formula is C9H9ClF3N3O3. The second-order valence-corrected chi connectivity index (χ2v) is 3.94. The largest absolute Gasteiger partial charge is 0.406 e. The Bertz CT molecular complexity index is 475. The molecule has 1 heterocycles. The third-order valence-electron chi connectivity index (χ3n) is 2.12. The van der Waals surface area contributed by atoms with Crippen LogP contribution in [0.25, 0.3) is 0 Å². The van der Waals surface area contributed by atoms with Gasteiger partial charge in [0.05, 0.1) is 11.1 Å². The number of hydrogen-bond donors (Lipinski definition) is 1. The number of aromatic nitrogens is 1. The summed E-state index contributed by atoms with van der Waals surface area (Å²) in [5.41, 5.74) is -0.692. The van der Waals surface area contributed by atoms with Crippen molar-refractivity contribution >= 4 is 23.2 Å². The van der Waals surface area contributed by atoms with Gasteiger partial charge in [-0.2, -0.15) is 13.2 Å². The van der Waals surface area contributed by atoms with Crippen molar-refractivity contribution in [3.63, 3.8) is 0 Å². The molecule has 106 valence electrons. The molecule has 0 radical (unpaired) electrons. The summed E-state index contributed by atoms with van der Waals surface area (Å²) < 4.78 is 36.8. The molecule has 0 saturated heterocycles. The summed E-state index contributed by atoms with van der Waals surface area (Å²) in [5.74, 6) is -1.17. The molecule has 0 spiro atoms. The maximum absolute atomic E-state index is 12.3. The van der Waals surface area contributed by atoms with E-state index in [0.717, 1.165) is 12.3 Å². The first-order chi connectivity index (χ1) is 8.74. The van der Waals surface area contributed by atoms with Gasteiger partial charge in [-0.05, 0) is 0 Å². The van der Waals surface area contributed by atoms with Crippen LogP contribution in [0.4, 0.5) is 18.9 Å². The maximum atomic E-state index is 12.3. The van der Waals surface area contributed by atoms with Crippen LogP contribution >= 0.6 is 11.6 Å². The average molecular weight is 300 g/mol. The summed E-state index contributed by atoms with van der Waals surface area (Å²) in [6.07, 6.45) is -3.64. The first-order valence-corrected chi connectivity index (χ1v) is 5.53. The lowest BCUT2D eigenvalue weighted by Gasteiger charge is -2.22. The Hall–Kier alpha value is -1.77. The predicted octanol–water partition coefficient (Wildman–Crippen LogP) is 2.17. The van der Waals surface area contributed by atoms with Crippen molar-refractivity contribution in [2.45, 2.75) is 6.18 Å². The molecule has 1 aromatic heterocycles. The zero-order chi connectivity index (χ0) is 14.6. The molecule has 0 aliphatic carbocycles. The van der Waals surface area contributed by atoms with Crippen molar-refractivity contribution in [3.05, 3.63) is 28.1 Å². The van der Waals surface area contributed by atoms with Gasteiger partial charge in [-0.25, -0.2) is 0 Å². The van der Waals surface area contributed by atoms with Crippen LogP contribution in [0.3, 0.4) is 0 Å². The number of nitro groups is 1. The van der Waals surface area contributed by atoms with Crippen LogP contribution in [0.15, 0.2) is 12.3 Å². The maximum Gasteiger partial charge on any atom is 0.406 e. The highest BCUT2D eigenvalue weighted by molar-refractivity contribution is 6.18. The van der Waals surface area contributed by atoms with Crippen molar-refractivity contribution < 1.29 is 22.9 Å². The number of H-pyrrole nitrogens is 1. The second kappa shape index (κ2) is 5.91. The van der Waals surface area contributed by atoms with Crippen LogP contribution in [-0.4, -0.2) is 45.9 Å². The molecule has 0 aliphatic heterocycles. The highest BCUT2D eigenvalue weighted by atomic mass is 35.5. The molecule has 1 aromatic rings. The first kappa shape index (κ1) is 15.3. The van der Waals surface area contributed by atoms with Crippen molar-refractivity contribution in [3.8, 4) is 0 Å². The Morgan fingerprint density at radius 1 is 1.53 bits per heavy atom. The van der Waals surface area contributed by atoms with Gasteiger partial charge in [-0.15, -0.1) is 11.6 Å². The average Bonchev–Trinajstić information content (AvgIpc) is 2.75. The van der Waals surface area contributed by atoms with Gasteiger partial charge in [0.15, 0.2) is 0 Å². The summed E-state index contributed by atoms with van der Waals surface area (Å²) >= 11 is 5.33. The number of amides is 1. The van der Waals surface area contributed by atoms with Crippen LogP contribution in [0.2, 0.25) is 0 Å². The summed E-state index contributed by atoms with van der Waals surface area (Å²) in [6, 6.07) is 0.875. The van der Waals surface area contributed by atoms with Gasteiger partial charge in [-0.1, -0.05) is 0 Å². The van der Waals surface area contributed by atoms with E-state index in [9.17, 15) is 28.1 Å². The molecule has 1 amide bonds. The van der Waals surface area contributed by atoms with E-state index >= 15 is 0 Å². The topological polar surface area (TPSA) is 79.2 Å². The molecule has 0 saturated carbocycles. The quantitative estimate of drug-likeness (QED) is 0.514. The summed E-state index contributed by atoms with van der Waals surface area (Å²) in [7, 11) is 0. The lowest BCUT2D eigenvalue weighted by molar-refractivity contribution is -0.384. The van der Waals surface area contributed by atoms with Crippen molar-refractivity contribution in [1.82, 2.24) is 9.88 Å². The Kier molecular flexibility index (Phi) is 4.76. The lowest BCUT2D eigenvalue weighted by atomic mass is 10.3. The number of aromatic amines is 1. The van der Waals surface area contributed by atoms with Crippen LogP contribution in [-0.2, 0) is 0 Å². The van der Waals surface area contributed by atoms with E-state index < -0.39 is 29.2 Å². The molecule has 0 unspecified atom stereocenters.